The van der Waals surface area contributed by atoms with Gasteiger partial charge in [0.15, 0.2) is 0 Å². The second-order valence-electron chi connectivity index (χ2n) is 1.88. The van der Waals surface area contributed by atoms with Crippen molar-refractivity contribution in [1.29, 1.82) is 0 Å². The van der Waals surface area contributed by atoms with Crippen molar-refractivity contribution < 1.29 is 14.6 Å². The maximum atomic E-state index is 8.94. The summed E-state index contributed by atoms with van der Waals surface area (Å²) in [6.45, 7) is 0.941. The molecule has 1 rings (SSSR count). The second-order valence-corrected chi connectivity index (χ2v) is 1.88. The molecule has 8 heavy (non-hydrogen) atoms. The number of hydrogen-bond donors (Lipinski definition) is 1. The van der Waals surface area contributed by atoms with Crippen LogP contribution in [0.5, 0.6) is 0 Å². The fourth-order valence-corrected chi connectivity index (χ4v) is 0.748. The summed E-state index contributed by atoms with van der Waals surface area (Å²) in [4.78, 5) is 0. The predicted octanol–water partition coefficient (Wildman–Crippen LogP) is -0.608. The van der Waals surface area contributed by atoms with Crippen molar-refractivity contribution in [2.45, 2.75) is 12.2 Å². The highest BCUT2D eigenvalue weighted by Gasteiger charge is 2.25. The van der Waals surface area contributed by atoms with E-state index in [1.807, 2.05) is 0 Å². The van der Waals surface area contributed by atoms with Gasteiger partial charge in [-0.1, -0.05) is 0 Å². The van der Waals surface area contributed by atoms with Crippen molar-refractivity contribution in [3.05, 3.63) is 0 Å². The number of ether oxygens (including phenoxy) is 2. The third-order valence-electron chi connectivity index (χ3n) is 1.30. The molecule has 1 saturated heterocycles. The molecular formula is C5H10O3. The zero-order chi connectivity index (χ0) is 5.98. The Hall–Kier alpha value is -0.120. The van der Waals surface area contributed by atoms with Crippen molar-refractivity contribution >= 4 is 0 Å². The molecule has 3 nitrogen and oxygen atoms in total. The lowest BCUT2D eigenvalue weighted by molar-refractivity contribution is 0.0209. The van der Waals surface area contributed by atoms with Crippen LogP contribution < -0.4 is 0 Å². The maximum Gasteiger partial charge on any atom is 0.109 e. The molecule has 2 atom stereocenters. The summed E-state index contributed by atoms with van der Waals surface area (Å²) in [5.41, 5.74) is 0. The van der Waals surface area contributed by atoms with Crippen molar-refractivity contribution in [2.75, 3.05) is 20.3 Å². The summed E-state index contributed by atoms with van der Waals surface area (Å²) in [7, 11) is 1.57. The molecule has 48 valence electrons. The predicted molar refractivity (Wildman–Crippen MR) is 27.6 cm³/mol. The summed E-state index contributed by atoms with van der Waals surface area (Å²) < 4.78 is 9.73. The van der Waals surface area contributed by atoms with Crippen LogP contribution in [0.15, 0.2) is 0 Å². The maximum absolute atomic E-state index is 8.94. The van der Waals surface area contributed by atoms with Crippen LogP contribution in [-0.2, 0) is 9.47 Å². The van der Waals surface area contributed by atoms with E-state index in [4.69, 9.17) is 14.6 Å². The fraction of sp³-hybridized carbons (Fsp3) is 1.00. The minimum Gasteiger partial charge on any atom is -0.388 e. The third kappa shape index (κ3) is 0.992. The van der Waals surface area contributed by atoms with Crippen LogP contribution in [0.2, 0.25) is 0 Å². The lowest BCUT2D eigenvalue weighted by atomic mass is 10.3. The lowest BCUT2D eigenvalue weighted by Crippen LogP contribution is -2.25. The molecule has 0 unspecified atom stereocenters. The summed E-state index contributed by atoms with van der Waals surface area (Å²) >= 11 is 0. The van der Waals surface area contributed by atoms with Crippen molar-refractivity contribution in [3.8, 4) is 0 Å². The lowest BCUT2D eigenvalue weighted by Gasteiger charge is -2.07. The van der Waals surface area contributed by atoms with Crippen LogP contribution in [0.3, 0.4) is 0 Å². The van der Waals surface area contributed by atoms with E-state index in [9.17, 15) is 0 Å². The smallest absolute Gasteiger partial charge is 0.109 e. The zero-order valence-corrected chi connectivity index (χ0v) is 4.83. The van der Waals surface area contributed by atoms with Gasteiger partial charge >= 0.3 is 0 Å². The molecule has 0 aromatic rings. The van der Waals surface area contributed by atoms with Gasteiger partial charge in [0, 0.05) is 7.11 Å². The van der Waals surface area contributed by atoms with E-state index in [2.05, 4.69) is 0 Å². The van der Waals surface area contributed by atoms with E-state index in [1.165, 1.54) is 0 Å². The minimum absolute atomic E-state index is 0.102. The molecule has 0 spiro atoms. The molecule has 0 aromatic carbocycles. The number of aliphatic hydroxyl groups excluding tert-OH is 1. The van der Waals surface area contributed by atoms with Crippen LogP contribution in [-0.4, -0.2) is 37.6 Å². The fourth-order valence-electron chi connectivity index (χ4n) is 0.748. The Bertz CT molecular complexity index is 74.1. The molecule has 0 aliphatic carbocycles. The average Bonchev–Trinajstić information content (AvgIpc) is 2.14. The van der Waals surface area contributed by atoms with Gasteiger partial charge in [0.2, 0.25) is 0 Å². The van der Waals surface area contributed by atoms with Crippen molar-refractivity contribution in [1.82, 2.24) is 0 Å². The molecule has 0 amide bonds. The van der Waals surface area contributed by atoms with Gasteiger partial charge in [-0.3, -0.25) is 0 Å². The van der Waals surface area contributed by atoms with Gasteiger partial charge < -0.3 is 14.6 Å². The van der Waals surface area contributed by atoms with Gasteiger partial charge in [0.25, 0.3) is 0 Å². The summed E-state index contributed by atoms with van der Waals surface area (Å²) in [5.74, 6) is 0. The monoisotopic (exact) mass is 118 g/mol. The van der Waals surface area contributed by atoms with Crippen molar-refractivity contribution in [3.63, 3.8) is 0 Å². The zero-order valence-electron chi connectivity index (χ0n) is 4.83. The van der Waals surface area contributed by atoms with E-state index >= 15 is 0 Å². The molecule has 1 heterocycles. The van der Waals surface area contributed by atoms with Gasteiger partial charge in [0.1, 0.15) is 12.2 Å². The van der Waals surface area contributed by atoms with Gasteiger partial charge in [-0.25, -0.2) is 0 Å². The number of aliphatic hydroxyl groups is 1. The van der Waals surface area contributed by atoms with Gasteiger partial charge in [-0.05, 0) is 0 Å². The number of hydrogen-bond acceptors (Lipinski definition) is 3. The number of rotatable bonds is 1. The quantitative estimate of drug-likeness (QED) is 0.499. The van der Waals surface area contributed by atoms with Crippen LogP contribution >= 0.6 is 0 Å². The molecule has 0 aromatic heterocycles. The Labute approximate surface area is 48.2 Å². The highest BCUT2D eigenvalue weighted by molar-refractivity contribution is 4.73. The molecule has 1 fully saturated rings. The van der Waals surface area contributed by atoms with Crippen LogP contribution in [0.1, 0.15) is 0 Å². The SMILES string of the molecule is CO[C@@H]1COC[C@H]1O. The molecule has 0 radical (unpaired) electrons. The standard InChI is InChI=1S/C5H10O3/c1-7-5-3-8-2-4(5)6/h4-6H,2-3H2,1H3/t4-,5-/m1/s1. The minimum atomic E-state index is -0.417. The van der Waals surface area contributed by atoms with Crippen LogP contribution in [0.25, 0.3) is 0 Å². The molecule has 3 heteroatoms. The molecule has 0 saturated carbocycles. The van der Waals surface area contributed by atoms with Crippen LogP contribution in [0.4, 0.5) is 0 Å². The normalized spacial score (nSPS) is 38.2. The Morgan fingerprint density at radius 1 is 1.62 bits per heavy atom. The van der Waals surface area contributed by atoms with E-state index in [-0.39, 0.29) is 6.10 Å². The molecule has 1 aliphatic rings. The number of methoxy groups -OCH3 is 1. The first-order chi connectivity index (χ1) is 3.84. The largest absolute Gasteiger partial charge is 0.388 e. The van der Waals surface area contributed by atoms with E-state index in [1.54, 1.807) is 7.11 Å². The van der Waals surface area contributed by atoms with E-state index < -0.39 is 6.10 Å². The summed E-state index contributed by atoms with van der Waals surface area (Å²) in [6.07, 6.45) is -0.519. The first-order valence-corrected chi connectivity index (χ1v) is 2.63. The third-order valence-corrected chi connectivity index (χ3v) is 1.30. The first kappa shape index (κ1) is 6.01. The highest BCUT2D eigenvalue weighted by Crippen LogP contribution is 2.07. The Balaban J connectivity index is 2.30. The average molecular weight is 118 g/mol. The molecular weight excluding hydrogens is 108 g/mol. The highest BCUT2D eigenvalue weighted by atomic mass is 16.6. The second kappa shape index (κ2) is 2.44. The first-order valence-electron chi connectivity index (χ1n) is 2.63. The molecule has 0 bridgehead atoms. The van der Waals surface area contributed by atoms with Crippen LogP contribution in [0, 0.1) is 0 Å². The van der Waals surface area contributed by atoms with E-state index in [0.717, 1.165) is 0 Å². The van der Waals surface area contributed by atoms with Gasteiger partial charge in [-0.15, -0.1) is 0 Å². The van der Waals surface area contributed by atoms with Gasteiger partial charge in [0.05, 0.1) is 13.2 Å². The Morgan fingerprint density at radius 2 is 2.38 bits per heavy atom. The molecule has 1 N–H and O–H groups in total. The van der Waals surface area contributed by atoms with Crippen molar-refractivity contribution in [2.24, 2.45) is 0 Å². The van der Waals surface area contributed by atoms with Gasteiger partial charge in [-0.2, -0.15) is 0 Å². The Morgan fingerprint density at radius 3 is 2.62 bits per heavy atom. The van der Waals surface area contributed by atoms with E-state index in [0.29, 0.717) is 13.2 Å². The summed E-state index contributed by atoms with van der Waals surface area (Å²) in [5, 5.41) is 8.94. The molecule has 1 aliphatic heterocycles. The Kier molecular flexibility index (Phi) is 1.83. The summed E-state index contributed by atoms with van der Waals surface area (Å²) in [6, 6.07) is 0. The topological polar surface area (TPSA) is 38.7 Å².